The van der Waals surface area contributed by atoms with Crippen molar-refractivity contribution in [2.75, 3.05) is 26.2 Å². The van der Waals surface area contributed by atoms with Crippen LogP contribution in [0, 0.1) is 11.3 Å². The van der Waals surface area contributed by atoms with Crippen molar-refractivity contribution >= 4 is 0 Å². The predicted molar refractivity (Wildman–Crippen MR) is 139 cm³/mol. The van der Waals surface area contributed by atoms with E-state index in [1.807, 2.05) is 48.5 Å². The minimum Gasteiger partial charge on any atom is -0.489 e. The molecule has 0 aliphatic carbocycles. The minimum atomic E-state index is -4.31. The molecule has 0 atom stereocenters. The Bertz CT molecular complexity index is 1420. The molecule has 6 nitrogen and oxygen atoms in total. The highest BCUT2D eigenvalue weighted by molar-refractivity contribution is 5.58. The number of nitrogens with zero attached hydrogens (tertiary/aromatic N) is 4. The summed E-state index contributed by atoms with van der Waals surface area (Å²) in [5.74, 6) is 1.37. The number of halogens is 3. The highest BCUT2D eigenvalue weighted by atomic mass is 19.4. The maximum atomic E-state index is 12.8. The first kappa shape index (κ1) is 26.5. The molecule has 1 saturated heterocycles. The zero-order valence-electron chi connectivity index (χ0n) is 21.2. The number of hydrogen-bond donors (Lipinski definition) is 0. The molecule has 9 heteroatoms. The summed E-state index contributed by atoms with van der Waals surface area (Å²) in [6.45, 7) is 4.93. The fourth-order valence-electron chi connectivity index (χ4n) is 4.55. The average molecular weight is 533 g/mol. The lowest BCUT2D eigenvalue weighted by atomic mass is 10.1. The molecule has 0 unspecified atom stereocenters. The number of alkyl halides is 3. The first-order valence-corrected chi connectivity index (χ1v) is 12.6. The Hall–Kier alpha value is -4.13. The minimum absolute atomic E-state index is 0.313. The van der Waals surface area contributed by atoms with Crippen molar-refractivity contribution in [3.63, 3.8) is 0 Å². The van der Waals surface area contributed by atoms with Crippen LogP contribution in [-0.2, 0) is 25.9 Å². The molecule has 1 aliphatic heterocycles. The van der Waals surface area contributed by atoms with Crippen LogP contribution in [0.4, 0.5) is 13.2 Å². The smallest absolute Gasteiger partial charge is 0.416 e. The van der Waals surface area contributed by atoms with Crippen LogP contribution in [0.1, 0.15) is 27.9 Å². The van der Waals surface area contributed by atoms with Crippen molar-refractivity contribution in [1.82, 2.24) is 15.0 Å². The molecule has 1 aliphatic rings. The number of benzene rings is 3. The third kappa shape index (κ3) is 6.85. The molecule has 0 amide bonds. The van der Waals surface area contributed by atoms with Crippen molar-refractivity contribution in [2.24, 2.45) is 0 Å². The van der Waals surface area contributed by atoms with E-state index in [1.165, 1.54) is 0 Å². The fraction of sp³-hybridized carbons (Fsp3) is 0.267. The number of ether oxygens (including phenoxy) is 1. The van der Waals surface area contributed by atoms with E-state index in [1.54, 1.807) is 18.2 Å². The predicted octanol–water partition coefficient (Wildman–Crippen LogP) is 6.13. The summed E-state index contributed by atoms with van der Waals surface area (Å²) in [5, 5.41) is 13.5. The fourth-order valence-corrected chi connectivity index (χ4v) is 4.55. The second kappa shape index (κ2) is 11.7. The SMILES string of the molecule is N#Cc1ccccc1COc1ccc(-c2cc(CN3CCN(Cc4ccc(C(F)(F)F)cc4)CC3)no2)cc1. The van der Waals surface area contributed by atoms with Crippen molar-refractivity contribution in [3.8, 4) is 23.1 Å². The molecule has 1 fully saturated rings. The zero-order valence-corrected chi connectivity index (χ0v) is 21.2. The summed E-state index contributed by atoms with van der Waals surface area (Å²) in [7, 11) is 0. The Labute approximate surface area is 224 Å². The third-order valence-electron chi connectivity index (χ3n) is 6.77. The van der Waals surface area contributed by atoms with Gasteiger partial charge in [0.2, 0.25) is 0 Å². The van der Waals surface area contributed by atoms with E-state index >= 15 is 0 Å². The first-order valence-electron chi connectivity index (χ1n) is 12.6. The quantitative estimate of drug-likeness (QED) is 0.272. The van der Waals surface area contributed by atoms with Gasteiger partial charge in [-0.05, 0) is 48.0 Å². The second-order valence-electron chi connectivity index (χ2n) is 9.51. The molecule has 0 saturated carbocycles. The van der Waals surface area contributed by atoms with Gasteiger partial charge in [0.15, 0.2) is 5.76 Å². The van der Waals surface area contributed by atoms with E-state index in [4.69, 9.17) is 9.26 Å². The van der Waals surface area contributed by atoms with Gasteiger partial charge < -0.3 is 9.26 Å². The topological polar surface area (TPSA) is 65.5 Å². The molecule has 3 aromatic carbocycles. The Morgan fingerprint density at radius 3 is 2.21 bits per heavy atom. The summed E-state index contributed by atoms with van der Waals surface area (Å²) < 4.78 is 49.8. The van der Waals surface area contributed by atoms with Crippen LogP contribution in [0.3, 0.4) is 0 Å². The molecule has 1 aromatic heterocycles. The Kier molecular flexibility index (Phi) is 7.96. The van der Waals surface area contributed by atoms with Crippen LogP contribution in [0.5, 0.6) is 5.75 Å². The van der Waals surface area contributed by atoms with Crippen LogP contribution in [0.15, 0.2) is 83.4 Å². The molecule has 4 aromatic rings. The summed E-state index contributed by atoms with van der Waals surface area (Å²) in [4.78, 5) is 4.54. The normalized spacial score (nSPS) is 14.7. The summed E-state index contributed by atoms with van der Waals surface area (Å²) in [5.41, 5.74) is 3.43. The summed E-state index contributed by atoms with van der Waals surface area (Å²) in [6, 6.07) is 24.4. The molecule has 200 valence electrons. The maximum Gasteiger partial charge on any atom is 0.416 e. The highest BCUT2D eigenvalue weighted by Crippen LogP contribution is 2.29. The number of aromatic nitrogens is 1. The van der Waals surface area contributed by atoms with Crippen molar-refractivity contribution in [3.05, 3.63) is 107 Å². The lowest BCUT2D eigenvalue weighted by Crippen LogP contribution is -2.45. The largest absolute Gasteiger partial charge is 0.489 e. The standard InChI is InChI=1S/C30H27F3N4O2/c31-30(32,33)26-9-5-22(6-10-26)19-36-13-15-37(16-14-36)20-27-17-29(39-35-27)23-7-11-28(12-8-23)38-21-25-4-2-1-3-24(25)18-34/h1-12,17H,13-16,19-21H2. The van der Waals surface area contributed by atoms with Crippen molar-refractivity contribution < 1.29 is 22.4 Å². The summed E-state index contributed by atoms with van der Waals surface area (Å²) >= 11 is 0. The van der Waals surface area contributed by atoms with Gasteiger partial charge in [-0.3, -0.25) is 9.80 Å². The van der Waals surface area contributed by atoms with Gasteiger partial charge in [0, 0.05) is 56.5 Å². The average Bonchev–Trinajstić information content (AvgIpc) is 3.41. The zero-order chi connectivity index (χ0) is 27.2. The van der Waals surface area contributed by atoms with Crippen LogP contribution >= 0.6 is 0 Å². The molecule has 0 N–H and O–H groups in total. The number of nitriles is 1. The lowest BCUT2D eigenvalue weighted by molar-refractivity contribution is -0.137. The van der Waals surface area contributed by atoms with Crippen molar-refractivity contribution in [2.45, 2.75) is 25.9 Å². The van der Waals surface area contributed by atoms with E-state index in [0.29, 0.717) is 36.8 Å². The van der Waals surface area contributed by atoms with Crippen LogP contribution in [-0.4, -0.2) is 41.1 Å². The van der Waals surface area contributed by atoms with E-state index in [2.05, 4.69) is 21.0 Å². The number of hydrogen-bond acceptors (Lipinski definition) is 6. The van der Waals surface area contributed by atoms with Gasteiger partial charge >= 0.3 is 6.18 Å². The van der Waals surface area contributed by atoms with E-state index in [-0.39, 0.29) is 0 Å². The van der Waals surface area contributed by atoms with Crippen molar-refractivity contribution in [1.29, 1.82) is 5.26 Å². The van der Waals surface area contributed by atoms with E-state index < -0.39 is 11.7 Å². The molecule has 0 bridgehead atoms. The molecule has 5 rings (SSSR count). The van der Waals surface area contributed by atoms with Gasteiger partial charge in [-0.1, -0.05) is 35.5 Å². The van der Waals surface area contributed by atoms with Gasteiger partial charge in [0.1, 0.15) is 12.4 Å². The van der Waals surface area contributed by atoms with Gasteiger partial charge in [-0.2, -0.15) is 18.4 Å². The highest BCUT2D eigenvalue weighted by Gasteiger charge is 2.30. The second-order valence-corrected chi connectivity index (χ2v) is 9.51. The summed E-state index contributed by atoms with van der Waals surface area (Å²) in [6.07, 6.45) is -4.31. The molecule has 0 radical (unpaired) electrons. The van der Waals surface area contributed by atoms with Gasteiger partial charge in [-0.25, -0.2) is 0 Å². The molecule has 0 spiro atoms. The molecular formula is C30H27F3N4O2. The molecular weight excluding hydrogens is 505 g/mol. The number of rotatable bonds is 8. The molecule has 2 heterocycles. The van der Waals surface area contributed by atoms with Gasteiger partial charge in [0.05, 0.1) is 22.9 Å². The Balaban J connectivity index is 1.09. The lowest BCUT2D eigenvalue weighted by Gasteiger charge is -2.34. The monoisotopic (exact) mass is 532 g/mol. The molecule has 39 heavy (non-hydrogen) atoms. The van der Waals surface area contributed by atoms with Crippen LogP contribution in [0.2, 0.25) is 0 Å². The van der Waals surface area contributed by atoms with Crippen LogP contribution in [0.25, 0.3) is 11.3 Å². The van der Waals surface area contributed by atoms with E-state index in [0.717, 1.165) is 60.7 Å². The van der Waals surface area contributed by atoms with Gasteiger partial charge in [-0.15, -0.1) is 0 Å². The van der Waals surface area contributed by atoms with Gasteiger partial charge in [0.25, 0.3) is 0 Å². The maximum absolute atomic E-state index is 12.8. The van der Waals surface area contributed by atoms with E-state index in [9.17, 15) is 18.4 Å². The Morgan fingerprint density at radius 2 is 1.54 bits per heavy atom. The first-order chi connectivity index (χ1) is 18.9. The third-order valence-corrected chi connectivity index (χ3v) is 6.77. The number of piperazine rings is 1. The Morgan fingerprint density at radius 1 is 0.872 bits per heavy atom. The van der Waals surface area contributed by atoms with Crippen LogP contribution < -0.4 is 4.74 Å².